The molecule has 4 heteroatoms. The van der Waals surface area contributed by atoms with Crippen molar-refractivity contribution >= 4 is 12.2 Å². The number of hydrogen-bond donors (Lipinski definition) is 1. The molecule has 0 heterocycles. The molecule has 1 N–H and O–H groups in total. The third-order valence-corrected chi connectivity index (χ3v) is 1.05. The SMILES string of the molecule is CC(C)CN(C)NC(=O)C=O. The minimum Gasteiger partial charge on any atom is -0.292 e. The first-order valence-corrected chi connectivity index (χ1v) is 3.53. The van der Waals surface area contributed by atoms with E-state index in [1.165, 1.54) is 0 Å². The van der Waals surface area contributed by atoms with Crippen molar-refractivity contribution in [2.75, 3.05) is 13.6 Å². The predicted octanol–water partition coefficient (Wildman–Crippen LogP) is -0.196. The first kappa shape index (κ1) is 10.1. The molecule has 4 nitrogen and oxygen atoms in total. The molecule has 0 bridgehead atoms. The molecule has 0 aromatic heterocycles. The van der Waals surface area contributed by atoms with Crippen LogP contribution in [0.3, 0.4) is 0 Å². The Morgan fingerprint density at radius 1 is 1.64 bits per heavy atom. The summed E-state index contributed by atoms with van der Waals surface area (Å²) < 4.78 is 0. The van der Waals surface area contributed by atoms with Crippen LogP contribution in [0.4, 0.5) is 0 Å². The Morgan fingerprint density at radius 2 is 2.18 bits per heavy atom. The lowest BCUT2D eigenvalue weighted by Gasteiger charge is -2.17. The Morgan fingerprint density at radius 3 is 2.55 bits per heavy atom. The number of aldehydes is 1. The maximum atomic E-state index is 10.5. The fourth-order valence-electron chi connectivity index (χ4n) is 0.808. The molecule has 0 aliphatic carbocycles. The second-order valence-electron chi connectivity index (χ2n) is 2.87. The van der Waals surface area contributed by atoms with Gasteiger partial charge in [0.15, 0.2) is 0 Å². The van der Waals surface area contributed by atoms with Crippen molar-refractivity contribution in [2.24, 2.45) is 5.92 Å². The van der Waals surface area contributed by atoms with E-state index in [2.05, 4.69) is 5.43 Å². The Labute approximate surface area is 66.5 Å². The lowest BCUT2D eigenvalue weighted by molar-refractivity contribution is -0.134. The zero-order valence-electron chi connectivity index (χ0n) is 7.13. The van der Waals surface area contributed by atoms with Gasteiger partial charge in [-0.3, -0.25) is 15.0 Å². The second kappa shape index (κ2) is 4.85. The minimum atomic E-state index is -0.604. The maximum absolute atomic E-state index is 10.5. The Bertz CT molecular complexity index is 145. The average molecular weight is 158 g/mol. The van der Waals surface area contributed by atoms with E-state index in [-0.39, 0.29) is 6.29 Å². The van der Waals surface area contributed by atoms with Crippen LogP contribution in [0, 0.1) is 5.92 Å². The average Bonchev–Trinajstić information content (AvgIpc) is 1.85. The van der Waals surface area contributed by atoms with Gasteiger partial charge >= 0.3 is 0 Å². The van der Waals surface area contributed by atoms with Crippen LogP contribution in [0.25, 0.3) is 0 Å². The third kappa shape index (κ3) is 5.54. The van der Waals surface area contributed by atoms with E-state index >= 15 is 0 Å². The van der Waals surface area contributed by atoms with E-state index < -0.39 is 5.91 Å². The van der Waals surface area contributed by atoms with Crippen molar-refractivity contribution in [3.05, 3.63) is 0 Å². The highest BCUT2D eigenvalue weighted by atomic mass is 16.2. The normalized spacial score (nSPS) is 10.3. The summed E-state index contributed by atoms with van der Waals surface area (Å²) in [5, 5.41) is 1.60. The number of carbonyl (C=O) groups is 2. The van der Waals surface area contributed by atoms with Gasteiger partial charge in [-0.2, -0.15) is 0 Å². The summed E-state index contributed by atoms with van der Waals surface area (Å²) in [6, 6.07) is 0. The van der Waals surface area contributed by atoms with Crippen LogP contribution in [0.5, 0.6) is 0 Å². The summed E-state index contributed by atoms with van der Waals surface area (Å²) in [4.78, 5) is 20.4. The Balaban J connectivity index is 3.59. The number of rotatable bonds is 4. The summed E-state index contributed by atoms with van der Waals surface area (Å²) >= 11 is 0. The highest BCUT2D eigenvalue weighted by molar-refractivity contribution is 6.23. The number of nitrogens with zero attached hydrogens (tertiary/aromatic N) is 1. The van der Waals surface area contributed by atoms with Crippen LogP contribution < -0.4 is 5.43 Å². The number of amides is 1. The molecule has 0 rings (SSSR count). The molecule has 0 aliphatic heterocycles. The first-order valence-electron chi connectivity index (χ1n) is 3.53. The highest BCUT2D eigenvalue weighted by Gasteiger charge is 2.03. The molecule has 11 heavy (non-hydrogen) atoms. The van der Waals surface area contributed by atoms with E-state index in [9.17, 15) is 9.59 Å². The third-order valence-electron chi connectivity index (χ3n) is 1.05. The highest BCUT2D eigenvalue weighted by Crippen LogP contribution is 1.91. The van der Waals surface area contributed by atoms with Crippen LogP contribution in [-0.4, -0.2) is 30.8 Å². The molecule has 0 aromatic rings. The summed E-state index contributed by atoms with van der Waals surface area (Å²) in [6.45, 7) is 4.80. The fourth-order valence-corrected chi connectivity index (χ4v) is 0.808. The van der Waals surface area contributed by atoms with Gasteiger partial charge in [0.25, 0.3) is 5.91 Å². The van der Waals surface area contributed by atoms with Crippen molar-refractivity contribution in [2.45, 2.75) is 13.8 Å². The fraction of sp³-hybridized carbons (Fsp3) is 0.714. The molecular formula is C7H14N2O2. The van der Waals surface area contributed by atoms with Gasteiger partial charge in [-0.05, 0) is 5.92 Å². The molecule has 0 unspecified atom stereocenters. The largest absolute Gasteiger partial charge is 0.298 e. The van der Waals surface area contributed by atoms with Gasteiger partial charge in [-0.15, -0.1) is 0 Å². The van der Waals surface area contributed by atoms with Gasteiger partial charge in [-0.1, -0.05) is 13.8 Å². The molecule has 0 aliphatic rings. The molecule has 0 fully saturated rings. The van der Waals surface area contributed by atoms with Gasteiger partial charge in [-0.25, -0.2) is 5.01 Å². The van der Waals surface area contributed by atoms with Gasteiger partial charge in [0.05, 0.1) is 0 Å². The topological polar surface area (TPSA) is 49.4 Å². The van der Waals surface area contributed by atoms with Gasteiger partial charge in [0.2, 0.25) is 6.29 Å². The van der Waals surface area contributed by atoms with E-state index in [4.69, 9.17) is 0 Å². The van der Waals surface area contributed by atoms with Crippen LogP contribution >= 0.6 is 0 Å². The van der Waals surface area contributed by atoms with Crippen LogP contribution in [0.1, 0.15) is 13.8 Å². The van der Waals surface area contributed by atoms with Gasteiger partial charge in [0.1, 0.15) is 0 Å². The summed E-state index contributed by atoms with van der Waals surface area (Å²) in [5.74, 6) is -0.139. The Hall–Kier alpha value is -0.900. The van der Waals surface area contributed by atoms with Crippen molar-refractivity contribution in [3.8, 4) is 0 Å². The molecule has 0 radical (unpaired) electrons. The maximum Gasteiger partial charge on any atom is 0.298 e. The number of nitrogens with one attached hydrogen (secondary N) is 1. The molecule has 0 saturated carbocycles. The molecule has 0 saturated heterocycles. The van der Waals surface area contributed by atoms with Crippen molar-refractivity contribution in [3.63, 3.8) is 0 Å². The van der Waals surface area contributed by atoms with Crippen LogP contribution in [-0.2, 0) is 9.59 Å². The van der Waals surface area contributed by atoms with Gasteiger partial charge in [0, 0.05) is 13.6 Å². The van der Waals surface area contributed by atoms with E-state index in [1.807, 2.05) is 13.8 Å². The van der Waals surface area contributed by atoms with E-state index in [0.717, 1.165) is 6.54 Å². The zero-order valence-corrected chi connectivity index (χ0v) is 7.13. The van der Waals surface area contributed by atoms with E-state index in [0.29, 0.717) is 5.92 Å². The van der Waals surface area contributed by atoms with Gasteiger partial charge < -0.3 is 0 Å². The lowest BCUT2D eigenvalue weighted by atomic mass is 10.2. The monoisotopic (exact) mass is 158 g/mol. The van der Waals surface area contributed by atoms with Crippen molar-refractivity contribution in [1.82, 2.24) is 10.4 Å². The molecular weight excluding hydrogens is 144 g/mol. The molecule has 0 atom stereocenters. The second-order valence-corrected chi connectivity index (χ2v) is 2.87. The number of hydrazine groups is 1. The predicted molar refractivity (Wildman–Crippen MR) is 41.7 cm³/mol. The molecule has 0 spiro atoms. The zero-order chi connectivity index (χ0) is 8.85. The molecule has 1 amide bonds. The summed E-state index contributed by atoms with van der Waals surface area (Å²) in [5.41, 5.74) is 2.39. The standard InChI is InChI=1S/C7H14N2O2/c1-6(2)4-9(3)8-7(11)5-10/h5-6H,4H2,1-3H3,(H,8,11). The number of carbonyl (C=O) groups excluding carboxylic acids is 2. The lowest BCUT2D eigenvalue weighted by Crippen LogP contribution is -2.41. The summed E-state index contributed by atoms with van der Waals surface area (Å²) in [6.07, 6.45) is 0.261. The smallest absolute Gasteiger partial charge is 0.292 e. The quantitative estimate of drug-likeness (QED) is 0.350. The van der Waals surface area contributed by atoms with Crippen LogP contribution in [0.2, 0.25) is 0 Å². The van der Waals surface area contributed by atoms with Crippen molar-refractivity contribution in [1.29, 1.82) is 0 Å². The number of hydrogen-bond acceptors (Lipinski definition) is 3. The summed E-state index contributed by atoms with van der Waals surface area (Å²) in [7, 11) is 1.72. The Kier molecular flexibility index (Phi) is 4.45. The molecule has 0 aromatic carbocycles. The van der Waals surface area contributed by atoms with E-state index in [1.54, 1.807) is 12.1 Å². The van der Waals surface area contributed by atoms with Crippen LogP contribution in [0.15, 0.2) is 0 Å². The first-order chi connectivity index (χ1) is 5.06. The molecule has 64 valence electrons. The minimum absolute atomic E-state index is 0.261. The van der Waals surface area contributed by atoms with Crippen molar-refractivity contribution < 1.29 is 9.59 Å².